The van der Waals surface area contributed by atoms with Gasteiger partial charge in [-0.2, -0.15) is 0 Å². The van der Waals surface area contributed by atoms with E-state index in [-0.39, 0.29) is 5.91 Å². The molecule has 2 aliphatic carbocycles. The van der Waals surface area contributed by atoms with Gasteiger partial charge in [-0.25, -0.2) is 4.98 Å². The van der Waals surface area contributed by atoms with Crippen molar-refractivity contribution in [2.24, 2.45) is 0 Å². The Bertz CT molecular complexity index is 447. The van der Waals surface area contributed by atoms with Gasteiger partial charge in [0, 0.05) is 12.1 Å². The molecule has 2 fully saturated rings. The maximum atomic E-state index is 12.2. The minimum Gasteiger partial charge on any atom is -0.359 e. The standard InChI is InChI=1S/C13H19N3OS/c1-8-11(12(17)15-9-4-2-3-5-9)18-13(14-8)16-10-6-7-10/h9-10H,2-7H2,1H3,(H,14,16)(H,15,17). The third kappa shape index (κ3) is 2.66. The van der Waals surface area contributed by atoms with Gasteiger partial charge in [0.15, 0.2) is 5.13 Å². The van der Waals surface area contributed by atoms with Crippen LogP contribution in [0, 0.1) is 6.92 Å². The third-order valence-corrected chi connectivity index (χ3v) is 4.69. The molecule has 1 aromatic heterocycles. The van der Waals surface area contributed by atoms with Crippen LogP contribution in [-0.2, 0) is 0 Å². The molecule has 18 heavy (non-hydrogen) atoms. The first-order chi connectivity index (χ1) is 8.72. The van der Waals surface area contributed by atoms with Gasteiger partial charge >= 0.3 is 0 Å². The highest BCUT2D eigenvalue weighted by atomic mass is 32.1. The molecule has 0 saturated heterocycles. The Balaban J connectivity index is 1.65. The SMILES string of the molecule is Cc1nc(NC2CC2)sc1C(=O)NC1CCCC1. The number of amides is 1. The van der Waals surface area contributed by atoms with E-state index in [0.717, 1.165) is 28.5 Å². The number of hydrogen-bond donors (Lipinski definition) is 2. The second kappa shape index (κ2) is 4.88. The number of thiazole rings is 1. The Kier molecular flexibility index (Phi) is 3.24. The van der Waals surface area contributed by atoms with Crippen LogP contribution in [0.2, 0.25) is 0 Å². The van der Waals surface area contributed by atoms with Gasteiger partial charge in [-0.05, 0) is 32.6 Å². The molecule has 2 saturated carbocycles. The largest absolute Gasteiger partial charge is 0.359 e. The molecule has 5 heteroatoms. The van der Waals surface area contributed by atoms with Crippen molar-refractivity contribution in [2.75, 3.05) is 5.32 Å². The Labute approximate surface area is 111 Å². The topological polar surface area (TPSA) is 54.0 Å². The molecule has 1 aromatic rings. The van der Waals surface area contributed by atoms with E-state index in [1.165, 1.54) is 37.0 Å². The van der Waals surface area contributed by atoms with E-state index in [1.807, 2.05) is 6.92 Å². The van der Waals surface area contributed by atoms with Crippen LogP contribution in [0.1, 0.15) is 53.9 Å². The molecule has 1 heterocycles. The van der Waals surface area contributed by atoms with E-state index in [0.29, 0.717) is 12.1 Å². The second-order valence-corrected chi connectivity index (χ2v) is 6.31. The molecule has 2 aliphatic rings. The lowest BCUT2D eigenvalue weighted by molar-refractivity contribution is 0.0941. The molecule has 3 rings (SSSR count). The molecule has 0 aliphatic heterocycles. The number of anilines is 1. The van der Waals surface area contributed by atoms with Crippen molar-refractivity contribution in [3.05, 3.63) is 10.6 Å². The first-order valence-corrected chi connectivity index (χ1v) is 7.59. The second-order valence-electron chi connectivity index (χ2n) is 5.31. The Hall–Kier alpha value is -1.10. The van der Waals surface area contributed by atoms with Crippen LogP contribution in [0.25, 0.3) is 0 Å². The monoisotopic (exact) mass is 265 g/mol. The molecule has 4 nitrogen and oxygen atoms in total. The maximum Gasteiger partial charge on any atom is 0.263 e. The molecule has 0 spiro atoms. The summed E-state index contributed by atoms with van der Waals surface area (Å²) in [6, 6.07) is 0.958. The summed E-state index contributed by atoms with van der Waals surface area (Å²) in [5.74, 6) is 0.0562. The van der Waals surface area contributed by atoms with Gasteiger partial charge < -0.3 is 10.6 Å². The van der Waals surface area contributed by atoms with Crippen molar-refractivity contribution < 1.29 is 4.79 Å². The third-order valence-electron chi connectivity index (χ3n) is 3.60. The summed E-state index contributed by atoms with van der Waals surface area (Å²) in [5.41, 5.74) is 0.846. The van der Waals surface area contributed by atoms with Crippen LogP contribution < -0.4 is 10.6 Å². The summed E-state index contributed by atoms with van der Waals surface area (Å²) in [4.78, 5) is 17.4. The van der Waals surface area contributed by atoms with Gasteiger partial charge in [-0.3, -0.25) is 4.79 Å². The zero-order valence-electron chi connectivity index (χ0n) is 10.7. The summed E-state index contributed by atoms with van der Waals surface area (Å²) in [5, 5.41) is 7.37. The van der Waals surface area contributed by atoms with Gasteiger partial charge in [-0.15, -0.1) is 0 Å². The Morgan fingerprint density at radius 3 is 2.61 bits per heavy atom. The summed E-state index contributed by atoms with van der Waals surface area (Å²) in [7, 11) is 0. The van der Waals surface area contributed by atoms with Crippen LogP contribution in [0.15, 0.2) is 0 Å². The molecule has 98 valence electrons. The predicted octanol–water partition coefficient (Wildman–Crippen LogP) is 2.70. The van der Waals surface area contributed by atoms with E-state index >= 15 is 0 Å². The van der Waals surface area contributed by atoms with Crippen LogP contribution in [0.3, 0.4) is 0 Å². The number of hydrogen-bond acceptors (Lipinski definition) is 4. The van der Waals surface area contributed by atoms with E-state index in [2.05, 4.69) is 15.6 Å². The van der Waals surface area contributed by atoms with Crippen molar-refractivity contribution in [2.45, 2.75) is 57.5 Å². The lowest BCUT2D eigenvalue weighted by atomic mass is 10.2. The van der Waals surface area contributed by atoms with E-state index in [4.69, 9.17) is 0 Å². The van der Waals surface area contributed by atoms with Gasteiger partial charge in [-0.1, -0.05) is 24.2 Å². The van der Waals surface area contributed by atoms with Gasteiger partial charge in [0.05, 0.1) is 5.69 Å². The quantitative estimate of drug-likeness (QED) is 0.880. The molecular weight excluding hydrogens is 246 g/mol. The average molecular weight is 265 g/mol. The molecular formula is C13H19N3OS. The fourth-order valence-corrected chi connectivity index (χ4v) is 3.34. The average Bonchev–Trinajstić information content (AvgIpc) is 2.85. The van der Waals surface area contributed by atoms with E-state index in [1.54, 1.807) is 0 Å². The number of aryl methyl sites for hydroxylation is 1. The number of carbonyl (C=O) groups is 1. The summed E-state index contributed by atoms with van der Waals surface area (Å²) in [6.45, 7) is 1.91. The van der Waals surface area contributed by atoms with Crippen molar-refractivity contribution in [1.82, 2.24) is 10.3 Å². The van der Waals surface area contributed by atoms with Crippen LogP contribution >= 0.6 is 11.3 Å². The minimum atomic E-state index is 0.0562. The molecule has 0 atom stereocenters. The van der Waals surface area contributed by atoms with Crippen LogP contribution in [0.5, 0.6) is 0 Å². The summed E-state index contributed by atoms with van der Waals surface area (Å²) in [6.07, 6.45) is 7.17. The lowest BCUT2D eigenvalue weighted by Gasteiger charge is -2.10. The maximum absolute atomic E-state index is 12.2. The Morgan fingerprint density at radius 1 is 1.22 bits per heavy atom. The zero-order valence-corrected chi connectivity index (χ0v) is 11.5. The minimum absolute atomic E-state index is 0.0562. The van der Waals surface area contributed by atoms with Crippen LogP contribution in [-0.4, -0.2) is 23.0 Å². The predicted molar refractivity (Wildman–Crippen MR) is 73.2 cm³/mol. The molecule has 2 N–H and O–H groups in total. The normalized spacial score (nSPS) is 20.1. The van der Waals surface area contributed by atoms with Crippen LogP contribution in [0.4, 0.5) is 5.13 Å². The molecule has 0 radical (unpaired) electrons. The summed E-state index contributed by atoms with van der Waals surface area (Å²) < 4.78 is 0. The smallest absolute Gasteiger partial charge is 0.263 e. The first kappa shape index (κ1) is 12.0. The molecule has 0 aromatic carbocycles. The number of nitrogens with zero attached hydrogens (tertiary/aromatic N) is 1. The van der Waals surface area contributed by atoms with Gasteiger partial charge in [0.2, 0.25) is 0 Å². The van der Waals surface area contributed by atoms with E-state index < -0.39 is 0 Å². The lowest BCUT2D eigenvalue weighted by Crippen LogP contribution is -2.32. The molecule has 0 bridgehead atoms. The van der Waals surface area contributed by atoms with Crippen molar-refractivity contribution in [3.63, 3.8) is 0 Å². The fraction of sp³-hybridized carbons (Fsp3) is 0.692. The molecule has 0 unspecified atom stereocenters. The Morgan fingerprint density at radius 2 is 1.94 bits per heavy atom. The highest BCUT2D eigenvalue weighted by molar-refractivity contribution is 7.17. The first-order valence-electron chi connectivity index (χ1n) is 6.77. The highest BCUT2D eigenvalue weighted by Crippen LogP contribution is 2.29. The number of rotatable bonds is 4. The zero-order chi connectivity index (χ0) is 12.5. The molecule has 1 amide bonds. The van der Waals surface area contributed by atoms with Gasteiger partial charge in [0.1, 0.15) is 4.88 Å². The van der Waals surface area contributed by atoms with E-state index in [9.17, 15) is 4.79 Å². The fourth-order valence-electron chi connectivity index (χ4n) is 2.39. The number of aromatic nitrogens is 1. The van der Waals surface area contributed by atoms with Crippen molar-refractivity contribution in [3.8, 4) is 0 Å². The number of carbonyl (C=O) groups excluding carboxylic acids is 1. The van der Waals surface area contributed by atoms with Gasteiger partial charge in [0.25, 0.3) is 5.91 Å². The van der Waals surface area contributed by atoms with Crippen molar-refractivity contribution in [1.29, 1.82) is 0 Å². The number of nitrogens with one attached hydrogen (secondary N) is 2. The summed E-state index contributed by atoms with van der Waals surface area (Å²) >= 11 is 1.49. The highest BCUT2D eigenvalue weighted by Gasteiger charge is 2.25. The van der Waals surface area contributed by atoms with Crippen molar-refractivity contribution >= 4 is 22.4 Å².